The first-order valence-electron chi connectivity index (χ1n) is 9.81. The Hall–Kier alpha value is -0.570. The maximum Gasteiger partial charge on any atom is 0.236 e. The maximum absolute atomic E-state index is 12.6. The molecule has 0 N–H and O–H groups in total. The molecule has 0 spiro atoms. The summed E-state index contributed by atoms with van der Waals surface area (Å²) in [4.78, 5) is 12.6. The summed E-state index contributed by atoms with van der Waals surface area (Å²) in [5.74, 6) is 0.344. The fraction of sp³-hybridized carbons (Fsp3) is 0.947. The molecule has 22 heavy (non-hydrogen) atoms. The molecule has 1 saturated heterocycles. The molecule has 0 saturated carbocycles. The van der Waals surface area contributed by atoms with Crippen molar-refractivity contribution in [2.45, 2.75) is 104 Å². The summed E-state index contributed by atoms with van der Waals surface area (Å²) in [5, 5.41) is 4.49. The van der Waals surface area contributed by atoms with Crippen LogP contribution >= 0.6 is 0 Å². The SMILES string of the molecule is CCCCCCC1CCCCN1N(CC)C(=O)CCCCC. The Kier molecular flexibility index (Phi) is 10.6. The Morgan fingerprint density at radius 2 is 1.73 bits per heavy atom. The average molecular weight is 311 g/mol. The highest BCUT2D eigenvalue weighted by atomic mass is 16.2. The van der Waals surface area contributed by atoms with Crippen LogP contribution in [0.3, 0.4) is 0 Å². The largest absolute Gasteiger partial charge is 0.275 e. The highest BCUT2D eigenvalue weighted by Crippen LogP contribution is 2.24. The molecule has 1 aliphatic rings. The minimum absolute atomic E-state index is 0.344. The van der Waals surface area contributed by atoms with E-state index in [0.717, 1.165) is 25.9 Å². The van der Waals surface area contributed by atoms with Gasteiger partial charge in [0.25, 0.3) is 0 Å². The predicted molar refractivity (Wildman–Crippen MR) is 94.6 cm³/mol. The third-order valence-electron chi connectivity index (χ3n) is 4.88. The number of carbonyl (C=O) groups excluding carboxylic acids is 1. The molecule has 0 aromatic rings. The van der Waals surface area contributed by atoms with Gasteiger partial charge in [0.1, 0.15) is 0 Å². The Morgan fingerprint density at radius 3 is 2.41 bits per heavy atom. The van der Waals surface area contributed by atoms with Gasteiger partial charge in [0.15, 0.2) is 0 Å². The molecule has 1 atom stereocenters. The van der Waals surface area contributed by atoms with E-state index in [0.29, 0.717) is 11.9 Å². The molecule has 0 radical (unpaired) electrons. The zero-order valence-electron chi connectivity index (χ0n) is 15.3. The van der Waals surface area contributed by atoms with Gasteiger partial charge in [-0.1, -0.05) is 58.8 Å². The van der Waals surface area contributed by atoms with Crippen molar-refractivity contribution in [1.29, 1.82) is 0 Å². The zero-order chi connectivity index (χ0) is 16.2. The molecule has 1 amide bonds. The number of hydrogen-bond acceptors (Lipinski definition) is 2. The molecule has 1 heterocycles. The van der Waals surface area contributed by atoms with E-state index in [1.807, 2.05) is 0 Å². The molecular formula is C19H38N2O. The first-order chi connectivity index (χ1) is 10.7. The van der Waals surface area contributed by atoms with E-state index >= 15 is 0 Å². The number of nitrogens with zero attached hydrogens (tertiary/aromatic N) is 2. The second-order valence-electron chi connectivity index (χ2n) is 6.73. The molecule has 3 nitrogen and oxygen atoms in total. The second kappa shape index (κ2) is 11.9. The standard InChI is InChI=1S/C19H38N2O/c1-4-7-9-11-14-18-15-12-13-17-21(18)20(6-3)19(22)16-10-8-5-2/h18H,4-17H2,1-3H3. The predicted octanol–water partition coefficient (Wildman–Crippen LogP) is 5.16. The van der Waals surface area contributed by atoms with Crippen molar-refractivity contribution in [3.8, 4) is 0 Å². The summed E-state index contributed by atoms with van der Waals surface area (Å²) in [6.45, 7) is 8.49. The number of piperidine rings is 1. The minimum Gasteiger partial charge on any atom is -0.275 e. The molecule has 1 rings (SSSR count). The normalized spacial score (nSPS) is 19.3. The molecule has 1 unspecified atom stereocenters. The summed E-state index contributed by atoms with van der Waals surface area (Å²) in [6, 6.07) is 0.598. The Labute approximate surface area is 138 Å². The number of carbonyl (C=O) groups is 1. The van der Waals surface area contributed by atoms with Crippen molar-refractivity contribution in [1.82, 2.24) is 10.0 Å². The van der Waals surface area contributed by atoms with Gasteiger partial charge < -0.3 is 0 Å². The zero-order valence-corrected chi connectivity index (χ0v) is 15.3. The molecule has 3 heteroatoms. The summed E-state index contributed by atoms with van der Waals surface area (Å²) in [7, 11) is 0. The fourth-order valence-electron chi connectivity index (χ4n) is 3.56. The van der Waals surface area contributed by atoms with Crippen LogP contribution in [0.5, 0.6) is 0 Å². The highest BCUT2D eigenvalue weighted by Gasteiger charge is 2.28. The summed E-state index contributed by atoms with van der Waals surface area (Å²) in [5.41, 5.74) is 0. The van der Waals surface area contributed by atoms with E-state index in [2.05, 4.69) is 30.8 Å². The van der Waals surface area contributed by atoms with Gasteiger partial charge in [0.2, 0.25) is 5.91 Å². The number of rotatable bonds is 11. The molecule has 1 fully saturated rings. The van der Waals surface area contributed by atoms with Crippen molar-refractivity contribution < 1.29 is 4.79 Å². The van der Waals surface area contributed by atoms with Crippen LogP contribution in [-0.2, 0) is 4.79 Å². The summed E-state index contributed by atoms with van der Waals surface area (Å²) < 4.78 is 0. The lowest BCUT2D eigenvalue weighted by Crippen LogP contribution is -2.53. The van der Waals surface area contributed by atoms with Crippen molar-refractivity contribution in [2.75, 3.05) is 13.1 Å². The van der Waals surface area contributed by atoms with Crippen molar-refractivity contribution in [3.63, 3.8) is 0 Å². The monoisotopic (exact) mass is 310 g/mol. The summed E-state index contributed by atoms with van der Waals surface area (Å²) >= 11 is 0. The third-order valence-corrected chi connectivity index (χ3v) is 4.88. The van der Waals surface area contributed by atoms with Gasteiger partial charge in [-0.15, -0.1) is 0 Å². The lowest BCUT2D eigenvalue weighted by atomic mass is 9.98. The van der Waals surface area contributed by atoms with Gasteiger partial charge >= 0.3 is 0 Å². The van der Waals surface area contributed by atoms with Crippen LogP contribution in [0.15, 0.2) is 0 Å². The number of hydrogen-bond donors (Lipinski definition) is 0. The summed E-state index contributed by atoms with van der Waals surface area (Å²) in [6.07, 6.45) is 14.5. The topological polar surface area (TPSA) is 23.6 Å². The van der Waals surface area contributed by atoms with Crippen LogP contribution in [-0.4, -0.2) is 35.1 Å². The molecule has 0 aliphatic carbocycles. The van der Waals surface area contributed by atoms with E-state index in [1.165, 1.54) is 64.2 Å². The van der Waals surface area contributed by atoms with E-state index in [-0.39, 0.29) is 0 Å². The molecule has 0 aromatic heterocycles. The quantitative estimate of drug-likeness (QED) is 0.492. The van der Waals surface area contributed by atoms with E-state index in [4.69, 9.17) is 0 Å². The van der Waals surface area contributed by atoms with Crippen LogP contribution < -0.4 is 0 Å². The van der Waals surface area contributed by atoms with E-state index < -0.39 is 0 Å². The fourth-order valence-corrected chi connectivity index (χ4v) is 3.56. The maximum atomic E-state index is 12.6. The second-order valence-corrected chi connectivity index (χ2v) is 6.73. The van der Waals surface area contributed by atoms with Gasteiger partial charge in [0, 0.05) is 25.6 Å². The highest BCUT2D eigenvalue weighted by molar-refractivity contribution is 5.75. The molecular weight excluding hydrogens is 272 g/mol. The van der Waals surface area contributed by atoms with Gasteiger partial charge in [-0.25, -0.2) is 5.01 Å². The van der Waals surface area contributed by atoms with E-state index in [1.54, 1.807) is 0 Å². The molecule has 130 valence electrons. The van der Waals surface area contributed by atoms with Crippen LogP contribution in [0, 0.1) is 0 Å². The first-order valence-corrected chi connectivity index (χ1v) is 9.81. The molecule has 0 bridgehead atoms. The molecule has 1 aliphatic heterocycles. The van der Waals surface area contributed by atoms with E-state index in [9.17, 15) is 4.79 Å². The first kappa shape index (κ1) is 19.5. The van der Waals surface area contributed by atoms with Gasteiger partial charge in [0.05, 0.1) is 0 Å². The number of unbranched alkanes of at least 4 members (excludes halogenated alkanes) is 5. The van der Waals surface area contributed by atoms with Crippen LogP contribution in [0.4, 0.5) is 0 Å². The lowest BCUT2D eigenvalue weighted by Gasteiger charge is -2.43. The van der Waals surface area contributed by atoms with Gasteiger partial charge in [-0.3, -0.25) is 9.80 Å². The third kappa shape index (κ3) is 6.68. The van der Waals surface area contributed by atoms with Crippen molar-refractivity contribution in [3.05, 3.63) is 0 Å². The number of hydrazine groups is 1. The van der Waals surface area contributed by atoms with Gasteiger partial charge in [-0.05, 0) is 32.6 Å². The Morgan fingerprint density at radius 1 is 1.00 bits per heavy atom. The lowest BCUT2D eigenvalue weighted by molar-refractivity contribution is -0.157. The molecule has 0 aromatic carbocycles. The van der Waals surface area contributed by atoms with Crippen LogP contribution in [0.25, 0.3) is 0 Å². The van der Waals surface area contributed by atoms with Gasteiger partial charge in [-0.2, -0.15) is 0 Å². The smallest absolute Gasteiger partial charge is 0.236 e. The number of amides is 1. The van der Waals surface area contributed by atoms with Crippen LogP contribution in [0.1, 0.15) is 97.8 Å². The van der Waals surface area contributed by atoms with Crippen LogP contribution in [0.2, 0.25) is 0 Å². The van der Waals surface area contributed by atoms with Crippen molar-refractivity contribution >= 4 is 5.91 Å². The average Bonchev–Trinajstić information content (AvgIpc) is 2.54. The Bertz CT molecular complexity index is 293. The Balaban J connectivity index is 2.51. The van der Waals surface area contributed by atoms with Crippen molar-refractivity contribution in [2.24, 2.45) is 0 Å². The minimum atomic E-state index is 0.344.